The standard InChI is InChI=1S/C14H20O3/c1-9(15)11-7-10(14(2,3)4)8-12(16-5)13(11)17-6/h7-8H,1-6H3. The topological polar surface area (TPSA) is 35.5 Å². The zero-order valence-electron chi connectivity index (χ0n) is 11.4. The highest BCUT2D eigenvalue weighted by Gasteiger charge is 2.21. The van der Waals surface area contributed by atoms with Crippen molar-refractivity contribution in [3.05, 3.63) is 23.3 Å². The van der Waals surface area contributed by atoms with E-state index in [1.165, 1.54) is 6.92 Å². The van der Waals surface area contributed by atoms with Crippen molar-refractivity contribution < 1.29 is 14.3 Å². The molecule has 1 rings (SSSR count). The first-order valence-corrected chi connectivity index (χ1v) is 5.58. The van der Waals surface area contributed by atoms with Gasteiger partial charge in [-0.1, -0.05) is 20.8 Å². The molecular weight excluding hydrogens is 216 g/mol. The maximum Gasteiger partial charge on any atom is 0.171 e. The Bertz CT molecular complexity index is 428. The monoisotopic (exact) mass is 236 g/mol. The molecule has 0 spiro atoms. The highest BCUT2D eigenvalue weighted by atomic mass is 16.5. The largest absolute Gasteiger partial charge is 0.493 e. The molecule has 0 aliphatic heterocycles. The first-order chi connectivity index (χ1) is 7.81. The first-order valence-electron chi connectivity index (χ1n) is 5.58. The van der Waals surface area contributed by atoms with E-state index in [1.54, 1.807) is 14.2 Å². The molecule has 1 aromatic rings. The fourth-order valence-corrected chi connectivity index (χ4v) is 1.66. The smallest absolute Gasteiger partial charge is 0.171 e. The molecule has 0 atom stereocenters. The molecule has 0 saturated carbocycles. The van der Waals surface area contributed by atoms with Gasteiger partial charge in [0, 0.05) is 0 Å². The predicted molar refractivity (Wildman–Crippen MR) is 68.3 cm³/mol. The summed E-state index contributed by atoms with van der Waals surface area (Å²) in [5, 5.41) is 0. The molecule has 0 amide bonds. The van der Waals surface area contributed by atoms with Crippen molar-refractivity contribution in [2.45, 2.75) is 33.1 Å². The lowest BCUT2D eigenvalue weighted by Crippen LogP contribution is -2.13. The summed E-state index contributed by atoms with van der Waals surface area (Å²) in [5.41, 5.74) is 1.58. The van der Waals surface area contributed by atoms with Crippen LogP contribution >= 0.6 is 0 Å². The minimum absolute atomic E-state index is 0.0220. The number of methoxy groups -OCH3 is 2. The SMILES string of the molecule is COc1cc(C(C)(C)C)cc(C(C)=O)c1OC. The molecule has 0 aliphatic rings. The number of carbonyl (C=O) groups excluding carboxylic acids is 1. The zero-order chi connectivity index (χ0) is 13.2. The average Bonchev–Trinajstić information content (AvgIpc) is 2.25. The number of carbonyl (C=O) groups is 1. The summed E-state index contributed by atoms with van der Waals surface area (Å²) in [4.78, 5) is 11.6. The summed E-state index contributed by atoms with van der Waals surface area (Å²) >= 11 is 0. The van der Waals surface area contributed by atoms with Gasteiger partial charge in [0.05, 0.1) is 19.8 Å². The lowest BCUT2D eigenvalue weighted by atomic mass is 9.85. The van der Waals surface area contributed by atoms with Crippen LogP contribution in [-0.4, -0.2) is 20.0 Å². The van der Waals surface area contributed by atoms with Crippen molar-refractivity contribution in [2.75, 3.05) is 14.2 Å². The molecule has 94 valence electrons. The Hall–Kier alpha value is -1.51. The number of Topliss-reactive ketones (excluding diaryl/α,β-unsaturated/α-hetero) is 1. The maximum atomic E-state index is 11.6. The van der Waals surface area contributed by atoms with Crippen LogP contribution in [0.25, 0.3) is 0 Å². The highest BCUT2D eigenvalue weighted by molar-refractivity contribution is 5.98. The molecule has 0 aromatic heterocycles. The molecule has 0 unspecified atom stereocenters. The van der Waals surface area contributed by atoms with E-state index in [2.05, 4.69) is 20.8 Å². The van der Waals surface area contributed by atoms with E-state index in [4.69, 9.17) is 9.47 Å². The van der Waals surface area contributed by atoms with Crippen LogP contribution in [0.5, 0.6) is 11.5 Å². The van der Waals surface area contributed by atoms with E-state index in [0.717, 1.165) is 5.56 Å². The van der Waals surface area contributed by atoms with Gasteiger partial charge in [0.1, 0.15) is 0 Å². The van der Waals surface area contributed by atoms with Crippen LogP contribution < -0.4 is 9.47 Å². The van der Waals surface area contributed by atoms with Crippen molar-refractivity contribution >= 4 is 5.78 Å². The number of benzene rings is 1. The molecule has 17 heavy (non-hydrogen) atoms. The normalized spacial score (nSPS) is 11.2. The Morgan fingerprint density at radius 2 is 1.71 bits per heavy atom. The number of hydrogen-bond donors (Lipinski definition) is 0. The Morgan fingerprint density at radius 3 is 2.06 bits per heavy atom. The van der Waals surface area contributed by atoms with Crippen LogP contribution in [0, 0.1) is 0 Å². The van der Waals surface area contributed by atoms with Crippen molar-refractivity contribution in [3.8, 4) is 11.5 Å². The minimum Gasteiger partial charge on any atom is -0.493 e. The number of hydrogen-bond acceptors (Lipinski definition) is 3. The van der Waals surface area contributed by atoms with Crippen molar-refractivity contribution in [3.63, 3.8) is 0 Å². The molecule has 0 fully saturated rings. The minimum atomic E-state index is -0.0379. The third-order valence-electron chi connectivity index (χ3n) is 2.72. The third kappa shape index (κ3) is 2.78. The summed E-state index contributed by atoms with van der Waals surface area (Å²) in [6, 6.07) is 3.80. The van der Waals surface area contributed by atoms with Crippen LogP contribution in [0.3, 0.4) is 0 Å². The Morgan fingerprint density at radius 1 is 1.12 bits per heavy atom. The Kier molecular flexibility index (Phi) is 3.81. The molecule has 3 heteroatoms. The van der Waals surface area contributed by atoms with Gasteiger partial charge >= 0.3 is 0 Å². The average molecular weight is 236 g/mol. The van der Waals surface area contributed by atoms with Gasteiger partial charge in [0.25, 0.3) is 0 Å². The van der Waals surface area contributed by atoms with E-state index in [9.17, 15) is 4.79 Å². The second-order valence-electron chi connectivity index (χ2n) is 5.07. The molecule has 0 saturated heterocycles. The molecule has 0 heterocycles. The lowest BCUT2D eigenvalue weighted by molar-refractivity contribution is 0.101. The van der Waals surface area contributed by atoms with Gasteiger partial charge in [0.15, 0.2) is 17.3 Å². The van der Waals surface area contributed by atoms with E-state index >= 15 is 0 Å². The van der Waals surface area contributed by atoms with Gasteiger partial charge in [-0.05, 0) is 30.0 Å². The van der Waals surface area contributed by atoms with Crippen LogP contribution in [0.15, 0.2) is 12.1 Å². The molecular formula is C14H20O3. The van der Waals surface area contributed by atoms with Crippen LogP contribution in [0.2, 0.25) is 0 Å². The fourth-order valence-electron chi connectivity index (χ4n) is 1.66. The summed E-state index contributed by atoms with van der Waals surface area (Å²) < 4.78 is 10.5. The highest BCUT2D eigenvalue weighted by Crippen LogP contribution is 2.36. The summed E-state index contributed by atoms with van der Waals surface area (Å²) in [5.74, 6) is 1.09. The fraction of sp³-hybridized carbons (Fsp3) is 0.500. The van der Waals surface area contributed by atoms with Crippen LogP contribution in [0.4, 0.5) is 0 Å². The third-order valence-corrected chi connectivity index (χ3v) is 2.72. The molecule has 0 aliphatic carbocycles. The van der Waals surface area contributed by atoms with Gasteiger partial charge in [-0.2, -0.15) is 0 Å². The second-order valence-corrected chi connectivity index (χ2v) is 5.07. The summed E-state index contributed by atoms with van der Waals surface area (Å²) in [6.45, 7) is 7.82. The molecule has 0 bridgehead atoms. The van der Waals surface area contributed by atoms with Gasteiger partial charge in [0.2, 0.25) is 0 Å². The maximum absolute atomic E-state index is 11.6. The Labute approximate surface area is 103 Å². The number of ether oxygens (including phenoxy) is 2. The van der Waals surface area contributed by atoms with E-state index in [-0.39, 0.29) is 11.2 Å². The van der Waals surface area contributed by atoms with E-state index in [1.807, 2.05) is 12.1 Å². The van der Waals surface area contributed by atoms with Crippen molar-refractivity contribution in [1.29, 1.82) is 0 Å². The first kappa shape index (κ1) is 13.6. The van der Waals surface area contributed by atoms with Gasteiger partial charge in [-0.15, -0.1) is 0 Å². The Balaban J connectivity index is 3.51. The number of ketones is 1. The molecule has 3 nitrogen and oxygen atoms in total. The van der Waals surface area contributed by atoms with Crippen LogP contribution in [0.1, 0.15) is 43.6 Å². The second kappa shape index (κ2) is 4.78. The van der Waals surface area contributed by atoms with Crippen LogP contribution in [-0.2, 0) is 5.41 Å². The van der Waals surface area contributed by atoms with Crippen molar-refractivity contribution in [2.24, 2.45) is 0 Å². The van der Waals surface area contributed by atoms with E-state index < -0.39 is 0 Å². The van der Waals surface area contributed by atoms with Crippen molar-refractivity contribution in [1.82, 2.24) is 0 Å². The summed E-state index contributed by atoms with van der Waals surface area (Å²) in [7, 11) is 3.12. The molecule has 1 aromatic carbocycles. The lowest BCUT2D eigenvalue weighted by Gasteiger charge is -2.22. The van der Waals surface area contributed by atoms with Gasteiger partial charge in [-0.25, -0.2) is 0 Å². The van der Waals surface area contributed by atoms with E-state index in [0.29, 0.717) is 17.1 Å². The van der Waals surface area contributed by atoms with Gasteiger partial charge < -0.3 is 9.47 Å². The zero-order valence-corrected chi connectivity index (χ0v) is 11.4. The number of rotatable bonds is 3. The molecule has 0 radical (unpaired) electrons. The molecule has 0 N–H and O–H groups in total. The summed E-state index contributed by atoms with van der Waals surface area (Å²) in [6.07, 6.45) is 0. The van der Waals surface area contributed by atoms with Gasteiger partial charge in [-0.3, -0.25) is 4.79 Å². The predicted octanol–water partition coefficient (Wildman–Crippen LogP) is 3.20. The quantitative estimate of drug-likeness (QED) is 0.756.